The quantitative estimate of drug-likeness (QED) is 0.648. The summed E-state index contributed by atoms with van der Waals surface area (Å²) in [4.78, 5) is 16.4. The Kier molecular flexibility index (Phi) is 5.21. The molecule has 0 amide bonds. The van der Waals surface area contributed by atoms with Gasteiger partial charge in [-0.3, -0.25) is 0 Å². The second-order valence-electron chi connectivity index (χ2n) is 5.55. The van der Waals surface area contributed by atoms with E-state index >= 15 is 0 Å². The minimum atomic E-state index is -3.83. The fourth-order valence-electron chi connectivity index (χ4n) is 2.08. The minimum Gasteiger partial charge on any atom is -0.462 e. The van der Waals surface area contributed by atoms with Gasteiger partial charge in [-0.15, -0.1) is 11.3 Å². The van der Waals surface area contributed by atoms with E-state index in [1.165, 1.54) is 36.7 Å². The van der Waals surface area contributed by atoms with Crippen molar-refractivity contribution in [1.82, 2.24) is 9.71 Å². The van der Waals surface area contributed by atoms with Gasteiger partial charge < -0.3 is 9.15 Å². The monoisotopic (exact) mass is 392 g/mol. The van der Waals surface area contributed by atoms with Gasteiger partial charge >= 0.3 is 5.97 Å². The maximum Gasteiger partial charge on any atom is 0.330 e. The van der Waals surface area contributed by atoms with Crippen molar-refractivity contribution in [2.24, 2.45) is 0 Å². The number of benzene rings is 1. The van der Waals surface area contributed by atoms with E-state index < -0.39 is 22.0 Å². The van der Waals surface area contributed by atoms with Crippen molar-refractivity contribution in [2.75, 3.05) is 0 Å². The number of rotatable bonds is 6. The average molecular weight is 392 g/mol. The Morgan fingerprint density at radius 3 is 2.65 bits per heavy atom. The van der Waals surface area contributed by atoms with E-state index in [2.05, 4.69) is 9.71 Å². The lowest BCUT2D eigenvalue weighted by Crippen LogP contribution is -2.40. The third-order valence-corrected chi connectivity index (χ3v) is 5.83. The van der Waals surface area contributed by atoms with Crippen molar-refractivity contribution in [1.29, 1.82) is 0 Å². The highest BCUT2D eigenvalue weighted by Crippen LogP contribution is 2.27. The smallest absolute Gasteiger partial charge is 0.330 e. The highest BCUT2D eigenvalue weighted by atomic mass is 32.2. The first-order valence-electron chi connectivity index (χ1n) is 7.65. The second kappa shape index (κ2) is 7.40. The normalized spacial score (nSPS) is 12.7. The van der Waals surface area contributed by atoms with Crippen LogP contribution in [0.25, 0.3) is 10.8 Å². The van der Waals surface area contributed by atoms with Gasteiger partial charge in [-0.25, -0.2) is 13.2 Å². The van der Waals surface area contributed by atoms with Gasteiger partial charge in [-0.05, 0) is 38.1 Å². The molecule has 2 aromatic heterocycles. The number of hydrogen-bond acceptors (Lipinski definition) is 7. The molecule has 0 aliphatic carbocycles. The summed E-state index contributed by atoms with van der Waals surface area (Å²) in [5.41, 5.74) is 0.937. The maximum absolute atomic E-state index is 12.3. The first-order chi connectivity index (χ1) is 12.3. The summed E-state index contributed by atoms with van der Waals surface area (Å²) in [5.74, 6) is -0.102. The zero-order valence-electron chi connectivity index (χ0n) is 14.0. The molecule has 136 valence electrons. The molecule has 26 heavy (non-hydrogen) atoms. The number of ether oxygens (including phenoxy) is 1. The Labute approximate surface area is 154 Å². The van der Waals surface area contributed by atoms with Gasteiger partial charge in [-0.2, -0.15) is 9.71 Å². The molecule has 7 nitrogen and oxygen atoms in total. The lowest BCUT2D eigenvalue weighted by atomic mass is 10.2. The number of thiazole rings is 1. The molecule has 0 spiro atoms. The van der Waals surface area contributed by atoms with Crippen molar-refractivity contribution >= 4 is 27.3 Å². The van der Waals surface area contributed by atoms with Crippen LogP contribution in [0.5, 0.6) is 5.88 Å². The summed E-state index contributed by atoms with van der Waals surface area (Å²) in [6.07, 6.45) is 1.52. The van der Waals surface area contributed by atoms with Crippen molar-refractivity contribution in [3.05, 3.63) is 53.6 Å². The number of hydrogen-bond donors (Lipinski definition) is 1. The summed E-state index contributed by atoms with van der Waals surface area (Å²) >= 11 is 1.25. The molecule has 1 aromatic carbocycles. The number of carbonyl (C=O) groups excluding carboxylic acids is 1. The van der Waals surface area contributed by atoms with Crippen LogP contribution in [0.1, 0.15) is 12.5 Å². The van der Waals surface area contributed by atoms with E-state index in [0.29, 0.717) is 10.8 Å². The zero-order chi connectivity index (χ0) is 18.7. The van der Waals surface area contributed by atoms with E-state index in [1.807, 2.05) is 6.92 Å². The molecule has 0 radical (unpaired) electrons. The first kappa shape index (κ1) is 18.3. The topological polar surface area (TPSA) is 98.5 Å². The number of aromatic nitrogens is 1. The largest absolute Gasteiger partial charge is 0.462 e. The minimum absolute atomic E-state index is 0.0801. The summed E-state index contributed by atoms with van der Waals surface area (Å²) < 4.78 is 37.3. The fourth-order valence-corrected chi connectivity index (χ4v) is 3.96. The molecule has 0 aliphatic rings. The fraction of sp³-hybridized carbons (Fsp3) is 0.176. The van der Waals surface area contributed by atoms with Gasteiger partial charge in [0.05, 0.1) is 16.5 Å². The third-order valence-electron chi connectivity index (χ3n) is 3.44. The van der Waals surface area contributed by atoms with E-state index in [9.17, 15) is 13.2 Å². The molecule has 2 heterocycles. The molecular weight excluding hydrogens is 376 g/mol. The summed E-state index contributed by atoms with van der Waals surface area (Å²) in [5, 5.41) is 2.11. The van der Waals surface area contributed by atoms with Crippen LogP contribution >= 0.6 is 11.3 Å². The van der Waals surface area contributed by atoms with Crippen molar-refractivity contribution < 1.29 is 22.4 Å². The Morgan fingerprint density at radius 1 is 1.27 bits per heavy atom. The molecule has 0 saturated carbocycles. The van der Waals surface area contributed by atoms with Crippen LogP contribution < -0.4 is 9.46 Å². The standard InChI is InChI=1S/C17H16N2O5S2/c1-11-5-7-13(8-6-11)26(21,22)19-12(2)17(20)24-15-10-25-16(18-15)14-4-3-9-23-14/h3-10,12,19H,1-2H3. The van der Waals surface area contributed by atoms with Crippen LogP contribution in [-0.4, -0.2) is 25.4 Å². The summed E-state index contributed by atoms with van der Waals surface area (Å²) in [6, 6.07) is 8.71. The number of nitrogens with one attached hydrogen (secondary N) is 1. The van der Waals surface area contributed by atoms with Gasteiger partial charge in [-0.1, -0.05) is 17.7 Å². The Balaban J connectivity index is 1.65. The molecule has 9 heteroatoms. The number of sulfonamides is 1. The van der Waals surface area contributed by atoms with Crippen LogP contribution in [0.4, 0.5) is 0 Å². The molecule has 3 aromatic rings. The SMILES string of the molecule is Cc1ccc(S(=O)(=O)NC(C)C(=O)Oc2csc(-c3ccco3)n2)cc1. The van der Waals surface area contributed by atoms with Crippen LogP contribution in [0.15, 0.2) is 57.4 Å². The second-order valence-corrected chi connectivity index (χ2v) is 8.12. The van der Waals surface area contributed by atoms with E-state index in [0.717, 1.165) is 5.56 Å². The molecule has 0 saturated heterocycles. The number of esters is 1. The van der Waals surface area contributed by atoms with Gasteiger partial charge in [0.15, 0.2) is 10.8 Å². The van der Waals surface area contributed by atoms with E-state index in [-0.39, 0.29) is 10.8 Å². The van der Waals surface area contributed by atoms with Gasteiger partial charge in [0.2, 0.25) is 15.9 Å². The number of carbonyl (C=O) groups is 1. The average Bonchev–Trinajstić information content (AvgIpc) is 3.25. The Hall–Kier alpha value is -2.49. The van der Waals surface area contributed by atoms with Crippen LogP contribution in [0.3, 0.4) is 0 Å². The van der Waals surface area contributed by atoms with Crippen LogP contribution in [0.2, 0.25) is 0 Å². The van der Waals surface area contributed by atoms with Crippen molar-refractivity contribution in [3.8, 4) is 16.6 Å². The lowest BCUT2D eigenvalue weighted by Gasteiger charge is -2.12. The Bertz CT molecular complexity index is 992. The molecular formula is C17H16N2O5S2. The molecule has 0 aliphatic heterocycles. The molecule has 3 rings (SSSR count). The van der Waals surface area contributed by atoms with Gasteiger partial charge in [0.25, 0.3) is 0 Å². The molecule has 1 atom stereocenters. The number of aryl methyl sites for hydroxylation is 1. The highest BCUT2D eigenvalue weighted by Gasteiger charge is 2.24. The summed E-state index contributed by atoms with van der Waals surface area (Å²) in [7, 11) is -3.83. The van der Waals surface area contributed by atoms with Gasteiger partial charge in [0.1, 0.15) is 6.04 Å². The zero-order valence-corrected chi connectivity index (χ0v) is 15.6. The highest BCUT2D eigenvalue weighted by molar-refractivity contribution is 7.89. The number of nitrogens with zero attached hydrogens (tertiary/aromatic N) is 1. The molecule has 1 N–H and O–H groups in total. The van der Waals surface area contributed by atoms with Crippen molar-refractivity contribution in [3.63, 3.8) is 0 Å². The molecule has 0 bridgehead atoms. The summed E-state index contributed by atoms with van der Waals surface area (Å²) in [6.45, 7) is 3.27. The molecule has 0 fully saturated rings. The van der Waals surface area contributed by atoms with Crippen LogP contribution in [-0.2, 0) is 14.8 Å². The predicted octanol–water partition coefficient (Wildman–Crippen LogP) is 2.98. The predicted molar refractivity (Wildman–Crippen MR) is 96.4 cm³/mol. The lowest BCUT2D eigenvalue weighted by molar-refractivity contribution is -0.136. The number of furan rings is 1. The Morgan fingerprint density at radius 2 is 2.00 bits per heavy atom. The van der Waals surface area contributed by atoms with Gasteiger partial charge in [0, 0.05) is 0 Å². The van der Waals surface area contributed by atoms with Crippen LogP contribution in [0, 0.1) is 6.92 Å². The molecule has 1 unspecified atom stereocenters. The first-order valence-corrected chi connectivity index (χ1v) is 10.0. The van der Waals surface area contributed by atoms with Crippen molar-refractivity contribution in [2.45, 2.75) is 24.8 Å². The van der Waals surface area contributed by atoms with E-state index in [4.69, 9.17) is 9.15 Å². The maximum atomic E-state index is 12.3. The third kappa shape index (κ3) is 4.18. The van der Waals surface area contributed by atoms with E-state index in [1.54, 1.807) is 29.6 Å².